The molecule has 0 aromatic carbocycles. The Hall–Kier alpha value is -2.22. The van der Waals surface area contributed by atoms with E-state index in [4.69, 9.17) is 4.52 Å². The van der Waals surface area contributed by atoms with Crippen LogP contribution < -0.4 is 5.32 Å². The molecule has 2 fully saturated rings. The van der Waals surface area contributed by atoms with Gasteiger partial charge in [-0.1, -0.05) is 18.0 Å². The molecule has 1 aliphatic carbocycles. The van der Waals surface area contributed by atoms with E-state index in [0.717, 1.165) is 38.0 Å². The van der Waals surface area contributed by atoms with Gasteiger partial charge in [0, 0.05) is 13.0 Å². The van der Waals surface area contributed by atoms with E-state index in [1.807, 2.05) is 10.7 Å². The third-order valence-electron chi connectivity index (χ3n) is 5.16. The zero-order valence-corrected chi connectivity index (χ0v) is 14.5. The number of nitrogens with zero attached hydrogens (tertiary/aromatic N) is 5. The Morgan fingerprint density at radius 2 is 2.16 bits per heavy atom. The maximum absolute atomic E-state index is 12.6. The smallest absolute Gasteiger partial charge is 0.239 e. The zero-order chi connectivity index (χ0) is 17.2. The van der Waals surface area contributed by atoms with Crippen molar-refractivity contribution in [2.75, 3.05) is 18.4 Å². The van der Waals surface area contributed by atoms with E-state index in [1.54, 1.807) is 13.1 Å². The van der Waals surface area contributed by atoms with Gasteiger partial charge in [-0.05, 0) is 32.2 Å². The van der Waals surface area contributed by atoms with Crippen LogP contribution in [0.1, 0.15) is 62.3 Å². The van der Waals surface area contributed by atoms with Crippen LogP contribution in [-0.4, -0.2) is 43.8 Å². The third-order valence-corrected chi connectivity index (χ3v) is 5.16. The molecule has 0 radical (unpaired) electrons. The first-order chi connectivity index (χ1) is 12.2. The average molecular weight is 344 g/mol. The fourth-order valence-corrected chi connectivity index (χ4v) is 3.98. The van der Waals surface area contributed by atoms with Gasteiger partial charge in [-0.15, -0.1) is 0 Å². The van der Waals surface area contributed by atoms with E-state index >= 15 is 0 Å². The SMILES string of the molecule is Cc1nc(C2CCCN2CC(=O)Nc2ccnn2C2CCCC2)no1. The molecule has 0 spiro atoms. The Labute approximate surface area is 146 Å². The minimum atomic E-state index is -0.0214. The Kier molecular flexibility index (Phi) is 4.52. The number of carbonyl (C=O) groups is 1. The molecule has 2 aromatic rings. The van der Waals surface area contributed by atoms with E-state index < -0.39 is 0 Å². The van der Waals surface area contributed by atoms with Crippen LogP contribution in [0.3, 0.4) is 0 Å². The van der Waals surface area contributed by atoms with Gasteiger partial charge in [-0.3, -0.25) is 9.69 Å². The van der Waals surface area contributed by atoms with Crippen LogP contribution >= 0.6 is 0 Å². The molecule has 0 bridgehead atoms. The second-order valence-corrected chi connectivity index (χ2v) is 6.95. The van der Waals surface area contributed by atoms with Crippen molar-refractivity contribution in [2.24, 2.45) is 0 Å². The molecule has 1 atom stereocenters. The Balaban J connectivity index is 1.40. The lowest BCUT2D eigenvalue weighted by Crippen LogP contribution is -2.34. The summed E-state index contributed by atoms with van der Waals surface area (Å²) in [6, 6.07) is 2.34. The second kappa shape index (κ2) is 6.95. The number of amides is 1. The maximum atomic E-state index is 12.6. The van der Waals surface area contributed by atoms with E-state index in [1.165, 1.54) is 12.8 Å². The molecular weight excluding hydrogens is 320 g/mol. The number of rotatable bonds is 5. The number of hydrogen-bond acceptors (Lipinski definition) is 6. The van der Waals surface area contributed by atoms with Crippen LogP contribution in [0.15, 0.2) is 16.8 Å². The summed E-state index contributed by atoms with van der Waals surface area (Å²) < 4.78 is 7.06. The lowest BCUT2D eigenvalue weighted by Gasteiger charge is -2.21. The molecule has 2 aliphatic rings. The van der Waals surface area contributed by atoms with Crippen molar-refractivity contribution in [1.82, 2.24) is 24.8 Å². The molecule has 1 saturated heterocycles. The molecule has 8 heteroatoms. The molecule has 134 valence electrons. The quantitative estimate of drug-likeness (QED) is 0.896. The van der Waals surface area contributed by atoms with Crippen LogP contribution in [0.5, 0.6) is 0 Å². The number of nitrogens with one attached hydrogen (secondary N) is 1. The maximum Gasteiger partial charge on any atom is 0.239 e. The molecule has 2 aromatic heterocycles. The molecule has 1 N–H and O–H groups in total. The van der Waals surface area contributed by atoms with Gasteiger partial charge in [-0.25, -0.2) is 4.68 Å². The van der Waals surface area contributed by atoms with Crippen LogP contribution in [0.2, 0.25) is 0 Å². The molecule has 3 heterocycles. The number of likely N-dealkylation sites (tertiary alicyclic amines) is 1. The van der Waals surface area contributed by atoms with Gasteiger partial charge in [0.15, 0.2) is 5.82 Å². The van der Waals surface area contributed by atoms with Crippen LogP contribution in [0, 0.1) is 6.92 Å². The van der Waals surface area contributed by atoms with Crippen molar-refractivity contribution in [3.05, 3.63) is 24.0 Å². The largest absolute Gasteiger partial charge is 0.340 e. The summed E-state index contributed by atoms with van der Waals surface area (Å²) in [5.41, 5.74) is 0. The van der Waals surface area contributed by atoms with Crippen molar-refractivity contribution < 1.29 is 9.32 Å². The Morgan fingerprint density at radius 3 is 2.92 bits per heavy atom. The van der Waals surface area contributed by atoms with Crippen LogP contribution in [0.4, 0.5) is 5.82 Å². The minimum Gasteiger partial charge on any atom is -0.340 e. The van der Waals surface area contributed by atoms with E-state index in [0.29, 0.717) is 24.3 Å². The summed E-state index contributed by atoms with van der Waals surface area (Å²) in [4.78, 5) is 19.0. The lowest BCUT2D eigenvalue weighted by atomic mass is 10.2. The number of carbonyl (C=O) groups excluding carboxylic acids is 1. The van der Waals surface area contributed by atoms with Crippen molar-refractivity contribution in [2.45, 2.75) is 57.5 Å². The van der Waals surface area contributed by atoms with Gasteiger partial charge in [0.05, 0.1) is 24.8 Å². The van der Waals surface area contributed by atoms with E-state index in [9.17, 15) is 4.79 Å². The highest BCUT2D eigenvalue weighted by Crippen LogP contribution is 2.32. The van der Waals surface area contributed by atoms with Gasteiger partial charge in [0.2, 0.25) is 11.8 Å². The first-order valence-electron chi connectivity index (χ1n) is 9.08. The van der Waals surface area contributed by atoms with Gasteiger partial charge in [-0.2, -0.15) is 10.1 Å². The van der Waals surface area contributed by atoms with Crippen LogP contribution in [-0.2, 0) is 4.79 Å². The van der Waals surface area contributed by atoms with Gasteiger partial charge in [0.1, 0.15) is 5.82 Å². The standard InChI is InChI=1S/C17H24N6O2/c1-12-19-17(21-25-12)14-7-4-10-22(14)11-16(24)20-15-8-9-18-23(15)13-5-2-3-6-13/h8-9,13-14H,2-7,10-11H2,1H3,(H,20,24). The molecule has 4 rings (SSSR count). The molecule has 1 aliphatic heterocycles. The van der Waals surface area contributed by atoms with Crippen molar-refractivity contribution >= 4 is 11.7 Å². The summed E-state index contributed by atoms with van der Waals surface area (Å²) in [5, 5.41) is 11.5. The average Bonchev–Trinajstić information content (AvgIpc) is 3.33. The Bertz CT molecular complexity index is 733. The fraction of sp³-hybridized carbons (Fsp3) is 0.647. The summed E-state index contributed by atoms with van der Waals surface area (Å²) in [6.07, 6.45) is 8.48. The number of anilines is 1. The third kappa shape index (κ3) is 3.44. The molecular formula is C17H24N6O2. The second-order valence-electron chi connectivity index (χ2n) is 6.95. The topological polar surface area (TPSA) is 89.1 Å². The van der Waals surface area contributed by atoms with E-state index in [2.05, 4.69) is 25.5 Å². The zero-order valence-electron chi connectivity index (χ0n) is 14.5. The first kappa shape index (κ1) is 16.3. The summed E-state index contributed by atoms with van der Waals surface area (Å²) in [6.45, 7) is 2.98. The summed E-state index contributed by atoms with van der Waals surface area (Å²) >= 11 is 0. The molecule has 1 unspecified atom stereocenters. The molecule has 25 heavy (non-hydrogen) atoms. The van der Waals surface area contributed by atoms with Gasteiger partial charge in [0.25, 0.3) is 0 Å². The van der Waals surface area contributed by atoms with Crippen molar-refractivity contribution in [1.29, 1.82) is 0 Å². The number of hydrogen-bond donors (Lipinski definition) is 1. The number of aryl methyl sites for hydroxylation is 1. The predicted molar refractivity (Wildman–Crippen MR) is 90.9 cm³/mol. The normalized spacial score (nSPS) is 21.9. The van der Waals surface area contributed by atoms with Crippen molar-refractivity contribution in [3.63, 3.8) is 0 Å². The highest BCUT2D eigenvalue weighted by molar-refractivity contribution is 5.91. The minimum absolute atomic E-state index is 0.0214. The fourth-order valence-electron chi connectivity index (χ4n) is 3.98. The molecule has 1 amide bonds. The van der Waals surface area contributed by atoms with E-state index in [-0.39, 0.29) is 11.9 Å². The van der Waals surface area contributed by atoms with Crippen LogP contribution in [0.25, 0.3) is 0 Å². The number of aromatic nitrogens is 4. The van der Waals surface area contributed by atoms with Gasteiger partial charge < -0.3 is 9.84 Å². The summed E-state index contributed by atoms with van der Waals surface area (Å²) in [7, 11) is 0. The monoisotopic (exact) mass is 344 g/mol. The first-order valence-corrected chi connectivity index (χ1v) is 9.08. The van der Waals surface area contributed by atoms with Gasteiger partial charge >= 0.3 is 0 Å². The molecule has 8 nitrogen and oxygen atoms in total. The predicted octanol–water partition coefficient (Wildman–Crippen LogP) is 2.47. The highest BCUT2D eigenvalue weighted by Gasteiger charge is 2.31. The molecule has 1 saturated carbocycles. The Morgan fingerprint density at radius 1 is 1.32 bits per heavy atom. The lowest BCUT2D eigenvalue weighted by molar-refractivity contribution is -0.117. The summed E-state index contributed by atoms with van der Waals surface area (Å²) in [5.74, 6) is 2.01. The highest BCUT2D eigenvalue weighted by atomic mass is 16.5. The van der Waals surface area contributed by atoms with Crippen molar-refractivity contribution in [3.8, 4) is 0 Å².